The molecule has 1 saturated carbocycles. The van der Waals surface area contributed by atoms with E-state index in [0.717, 1.165) is 0 Å². The zero-order chi connectivity index (χ0) is 13.8. The standard InChI is InChI=1S/C12H22N2O4/c1-2-14(7-10(13)15)8-12(18)5-3-9(4-6-12)11(16)17/h9,18H,2-8H2,1H3,(H2,13,15)(H,16,17). The maximum atomic E-state index is 10.9. The highest BCUT2D eigenvalue weighted by atomic mass is 16.4. The van der Waals surface area contributed by atoms with E-state index >= 15 is 0 Å². The van der Waals surface area contributed by atoms with Gasteiger partial charge in [-0.25, -0.2) is 0 Å². The number of amides is 1. The number of rotatable bonds is 6. The summed E-state index contributed by atoms with van der Waals surface area (Å²) < 4.78 is 0. The molecule has 0 radical (unpaired) electrons. The summed E-state index contributed by atoms with van der Waals surface area (Å²) in [5.41, 5.74) is 4.25. The predicted molar refractivity (Wildman–Crippen MR) is 65.9 cm³/mol. The minimum Gasteiger partial charge on any atom is -0.481 e. The molecule has 0 aliphatic heterocycles. The summed E-state index contributed by atoms with van der Waals surface area (Å²) in [6, 6.07) is 0. The molecule has 1 aliphatic carbocycles. The van der Waals surface area contributed by atoms with Gasteiger partial charge in [0.05, 0.1) is 18.1 Å². The molecule has 0 aromatic rings. The van der Waals surface area contributed by atoms with E-state index in [1.807, 2.05) is 6.92 Å². The van der Waals surface area contributed by atoms with Crippen LogP contribution in [0.1, 0.15) is 32.6 Å². The van der Waals surface area contributed by atoms with Crippen LogP contribution in [0.15, 0.2) is 0 Å². The van der Waals surface area contributed by atoms with Gasteiger partial charge >= 0.3 is 5.97 Å². The predicted octanol–water partition coefficient (Wildman–Crippen LogP) is -0.200. The van der Waals surface area contributed by atoms with Gasteiger partial charge in [-0.05, 0) is 32.2 Å². The third kappa shape index (κ3) is 4.27. The first-order valence-electron chi connectivity index (χ1n) is 6.32. The molecule has 6 heteroatoms. The largest absolute Gasteiger partial charge is 0.481 e. The van der Waals surface area contributed by atoms with E-state index in [9.17, 15) is 14.7 Å². The Kier molecular flexibility index (Phi) is 5.10. The fourth-order valence-corrected chi connectivity index (χ4v) is 2.48. The highest BCUT2D eigenvalue weighted by Crippen LogP contribution is 2.32. The van der Waals surface area contributed by atoms with E-state index in [1.54, 1.807) is 4.90 Å². The van der Waals surface area contributed by atoms with Crippen molar-refractivity contribution in [3.63, 3.8) is 0 Å². The molecule has 0 atom stereocenters. The SMILES string of the molecule is CCN(CC(N)=O)CC1(O)CCC(C(=O)O)CC1. The van der Waals surface area contributed by atoms with Crippen LogP contribution in [0.2, 0.25) is 0 Å². The molecule has 0 aromatic heterocycles. The zero-order valence-electron chi connectivity index (χ0n) is 10.8. The maximum absolute atomic E-state index is 10.9. The number of carboxylic acid groups (broad SMARTS) is 1. The van der Waals surface area contributed by atoms with Crippen LogP contribution in [0.25, 0.3) is 0 Å². The molecule has 0 spiro atoms. The Balaban J connectivity index is 2.50. The number of carboxylic acids is 1. The summed E-state index contributed by atoms with van der Waals surface area (Å²) in [5.74, 6) is -1.56. The van der Waals surface area contributed by atoms with Crippen LogP contribution in [0, 0.1) is 5.92 Å². The van der Waals surface area contributed by atoms with Gasteiger partial charge in [-0.15, -0.1) is 0 Å². The number of aliphatic hydroxyl groups is 1. The fraction of sp³-hybridized carbons (Fsp3) is 0.833. The molecule has 1 aliphatic rings. The second-order valence-electron chi connectivity index (χ2n) is 5.11. The quantitative estimate of drug-likeness (QED) is 0.612. The third-order valence-corrected chi connectivity index (χ3v) is 3.61. The number of likely N-dealkylation sites (N-methyl/N-ethyl adjacent to an activating group) is 1. The summed E-state index contributed by atoms with van der Waals surface area (Å²) in [5, 5.41) is 19.3. The van der Waals surface area contributed by atoms with Crippen LogP contribution in [0.3, 0.4) is 0 Å². The van der Waals surface area contributed by atoms with E-state index in [2.05, 4.69) is 0 Å². The van der Waals surface area contributed by atoms with Crippen molar-refractivity contribution in [2.45, 2.75) is 38.2 Å². The average Bonchev–Trinajstić information content (AvgIpc) is 2.27. The Hall–Kier alpha value is -1.14. The molecule has 6 nitrogen and oxygen atoms in total. The molecule has 0 bridgehead atoms. The van der Waals surface area contributed by atoms with Crippen molar-refractivity contribution in [2.75, 3.05) is 19.6 Å². The van der Waals surface area contributed by atoms with Gasteiger partial charge in [0.2, 0.25) is 5.91 Å². The number of hydrogen-bond donors (Lipinski definition) is 3. The zero-order valence-corrected chi connectivity index (χ0v) is 10.8. The van der Waals surface area contributed by atoms with Gasteiger partial charge in [0.15, 0.2) is 0 Å². The van der Waals surface area contributed by atoms with Crippen molar-refractivity contribution in [1.82, 2.24) is 4.90 Å². The molecular weight excluding hydrogens is 236 g/mol. The summed E-state index contributed by atoms with van der Waals surface area (Å²) in [4.78, 5) is 23.5. The second-order valence-corrected chi connectivity index (χ2v) is 5.11. The normalized spacial score (nSPS) is 28.3. The van der Waals surface area contributed by atoms with Crippen molar-refractivity contribution < 1.29 is 19.8 Å². The maximum Gasteiger partial charge on any atom is 0.306 e. The molecule has 0 heterocycles. The minimum absolute atomic E-state index is 0.126. The Morgan fingerprint density at radius 3 is 2.33 bits per heavy atom. The van der Waals surface area contributed by atoms with Crippen molar-refractivity contribution in [3.8, 4) is 0 Å². The number of carbonyl (C=O) groups excluding carboxylic acids is 1. The van der Waals surface area contributed by atoms with Gasteiger partial charge in [0, 0.05) is 6.54 Å². The highest BCUT2D eigenvalue weighted by molar-refractivity contribution is 5.75. The summed E-state index contributed by atoms with van der Waals surface area (Å²) in [7, 11) is 0. The van der Waals surface area contributed by atoms with Crippen LogP contribution in [0.4, 0.5) is 0 Å². The van der Waals surface area contributed by atoms with Crippen molar-refractivity contribution >= 4 is 11.9 Å². The lowest BCUT2D eigenvalue weighted by Gasteiger charge is -2.38. The molecule has 104 valence electrons. The summed E-state index contributed by atoms with van der Waals surface area (Å²) in [6.07, 6.45) is 1.89. The van der Waals surface area contributed by atoms with E-state index in [1.165, 1.54) is 0 Å². The van der Waals surface area contributed by atoms with E-state index in [0.29, 0.717) is 38.8 Å². The van der Waals surface area contributed by atoms with E-state index in [4.69, 9.17) is 10.8 Å². The van der Waals surface area contributed by atoms with Gasteiger partial charge in [0.1, 0.15) is 0 Å². The lowest BCUT2D eigenvalue weighted by atomic mass is 9.78. The first-order valence-corrected chi connectivity index (χ1v) is 6.32. The molecule has 0 unspecified atom stereocenters. The second kappa shape index (κ2) is 6.15. The number of nitrogens with zero attached hydrogens (tertiary/aromatic N) is 1. The van der Waals surface area contributed by atoms with E-state index in [-0.39, 0.29) is 12.5 Å². The highest BCUT2D eigenvalue weighted by Gasteiger charge is 2.36. The topological polar surface area (TPSA) is 104 Å². The van der Waals surface area contributed by atoms with Gasteiger partial charge in [-0.2, -0.15) is 0 Å². The monoisotopic (exact) mass is 258 g/mol. The average molecular weight is 258 g/mol. The Morgan fingerprint density at radius 1 is 1.39 bits per heavy atom. The first kappa shape index (κ1) is 14.9. The van der Waals surface area contributed by atoms with Crippen LogP contribution in [-0.4, -0.2) is 52.2 Å². The summed E-state index contributed by atoms with van der Waals surface area (Å²) >= 11 is 0. The Morgan fingerprint density at radius 2 is 1.94 bits per heavy atom. The molecule has 1 amide bonds. The van der Waals surface area contributed by atoms with E-state index < -0.39 is 17.5 Å². The molecule has 0 aromatic carbocycles. The van der Waals surface area contributed by atoms with Gasteiger partial charge < -0.3 is 15.9 Å². The van der Waals surface area contributed by atoms with Crippen molar-refractivity contribution in [2.24, 2.45) is 11.7 Å². The number of hydrogen-bond acceptors (Lipinski definition) is 4. The van der Waals surface area contributed by atoms with Crippen molar-refractivity contribution in [1.29, 1.82) is 0 Å². The van der Waals surface area contributed by atoms with Gasteiger partial charge in [-0.1, -0.05) is 6.92 Å². The molecule has 1 fully saturated rings. The number of primary amides is 1. The van der Waals surface area contributed by atoms with Crippen LogP contribution < -0.4 is 5.73 Å². The smallest absolute Gasteiger partial charge is 0.306 e. The van der Waals surface area contributed by atoms with Crippen molar-refractivity contribution in [3.05, 3.63) is 0 Å². The lowest BCUT2D eigenvalue weighted by molar-refractivity contribution is -0.145. The molecule has 18 heavy (non-hydrogen) atoms. The Bertz CT molecular complexity index is 311. The Labute approximate surface area is 107 Å². The number of aliphatic carboxylic acids is 1. The third-order valence-electron chi connectivity index (χ3n) is 3.61. The minimum atomic E-state index is -0.891. The first-order chi connectivity index (χ1) is 8.36. The van der Waals surface area contributed by atoms with Crippen LogP contribution >= 0.6 is 0 Å². The van der Waals surface area contributed by atoms with Crippen LogP contribution in [-0.2, 0) is 9.59 Å². The number of carbonyl (C=O) groups is 2. The lowest BCUT2D eigenvalue weighted by Crippen LogP contribution is -2.48. The molecule has 0 saturated heterocycles. The molecular formula is C12H22N2O4. The number of nitrogens with two attached hydrogens (primary N) is 1. The molecule has 4 N–H and O–H groups in total. The van der Waals surface area contributed by atoms with Gasteiger partial charge in [0.25, 0.3) is 0 Å². The van der Waals surface area contributed by atoms with Gasteiger partial charge in [-0.3, -0.25) is 14.5 Å². The van der Waals surface area contributed by atoms with Crippen LogP contribution in [0.5, 0.6) is 0 Å². The summed E-state index contributed by atoms with van der Waals surface area (Å²) in [6.45, 7) is 3.03. The fourth-order valence-electron chi connectivity index (χ4n) is 2.48. The molecule has 1 rings (SSSR count).